The van der Waals surface area contributed by atoms with Crippen LogP contribution in [0.15, 0.2) is 47.5 Å². The summed E-state index contributed by atoms with van der Waals surface area (Å²) in [6.45, 7) is 2.89. The van der Waals surface area contributed by atoms with Crippen LogP contribution in [-0.4, -0.2) is 28.2 Å². The molecule has 1 fully saturated rings. The largest absolute Gasteiger partial charge is 0.376 e. The molecule has 4 rings (SSSR count). The van der Waals surface area contributed by atoms with E-state index in [1.165, 1.54) is 28.0 Å². The number of carbonyl (C=O) groups excluding carboxylic acids is 1. The number of pyridine rings is 1. The maximum absolute atomic E-state index is 13.4. The summed E-state index contributed by atoms with van der Waals surface area (Å²) >= 11 is 1.30. The maximum Gasteiger partial charge on any atom is 0.263 e. The predicted molar refractivity (Wildman–Crippen MR) is 114 cm³/mol. The number of benzene rings is 1. The second kappa shape index (κ2) is 8.89. The SMILES string of the molecule is Cc1ccn(CC2CCCO2)c(=O)c1C(=O)Nc1ncc(Cc2cccc(F)c2)s1. The highest BCUT2D eigenvalue weighted by molar-refractivity contribution is 7.15. The Morgan fingerprint density at radius 1 is 1.40 bits per heavy atom. The number of ether oxygens (including phenoxy) is 1. The topological polar surface area (TPSA) is 73.2 Å². The highest BCUT2D eigenvalue weighted by Gasteiger charge is 2.21. The normalized spacial score (nSPS) is 16.0. The fourth-order valence-corrected chi connectivity index (χ4v) is 4.39. The van der Waals surface area contributed by atoms with Gasteiger partial charge in [0.1, 0.15) is 11.4 Å². The number of hydrogen-bond acceptors (Lipinski definition) is 5. The highest BCUT2D eigenvalue weighted by Crippen LogP contribution is 2.22. The molecule has 1 aliphatic heterocycles. The Hall–Kier alpha value is -2.84. The summed E-state index contributed by atoms with van der Waals surface area (Å²) in [7, 11) is 0. The van der Waals surface area contributed by atoms with Gasteiger partial charge in [-0.1, -0.05) is 12.1 Å². The molecule has 1 aromatic carbocycles. The van der Waals surface area contributed by atoms with Crippen LogP contribution in [0.25, 0.3) is 0 Å². The number of nitrogens with one attached hydrogen (secondary N) is 1. The van der Waals surface area contributed by atoms with Crippen molar-refractivity contribution in [2.45, 2.75) is 38.8 Å². The van der Waals surface area contributed by atoms with E-state index >= 15 is 0 Å². The summed E-state index contributed by atoms with van der Waals surface area (Å²) in [5.74, 6) is -0.768. The second-order valence-corrected chi connectivity index (χ2v) is 8.47. The first-order chi connectivity index (χ1) is 14.5. The van der Waals surface area contributed by atoms with Crippen molar-refractivity contribution in [2.24, 2.45) is 0 Å². The molecule has 6 nitrogen and oxygen atoms in total. The molecule has 3 aromatic rings. The summed E-state index contributed by atoms with van der Waals surface area (Å²) < 4.78 is 20.5. The molecule has 1 N–H and O–H groups in total. The van der Waals surface area contributed by atoms with E-state index in [9.17, 15) is 14.0 Å². The minimum atomic E-state index is -0.481. The maximum atomic E-state index is 13.4. The molecular weight excluding hydrogens is 405 g/mol. The molecule has 0 aliphatic carbocycles. The van der Waals surface area contributed by atoms with Crippen molar-refractivity contribution < 1.29 is 13.9 Å². The molecule has 0 spiro atoms. The van der Waals surface area contributed by atoms with Gasteiger partial charge in [0.2, 0.25) is 0 Å². The van der Waals surface area contributed by atoms with Crippen LogP contribution in [-0.2, 0) is 17.7 Å². The zero-order valence-electron chi connectivity index (χ0n) is 16.6. The lowest BCUT2D eigenvalue weighted by molar-refractivity contribution is 0.0952. The summed E-state index contributed by atoms with van der Waals surface area (Å²) in [4.78, 5) is 30.8. The van der Waals surface area contributed by atoms with E-state index in [1.54, 1.807) is 31.5 Å². The Labute approximate surface area is 177 Å². The van der Waals surface area contributed by atoms with Gasteiger partial charge in [0, 0.05) is 30.3 Å². The quantitative estimate of drug-likeness (QED) is 0.650. The van der Waals surface area contributed by atoms with Gasteiger partial charge >= 0.3 is 0 Å². The standard InChI is InChI=1S/C22H22FN3O3S/c1-14-7-8-26(13-17-6-3-9-29-17)21(28)19(14)20(27)25-22-24-12-18(30-22)11-15-4-2-5-16(23)10-15/h2,4-5,7-8,10,12,17H,3,6,9,11,13H2,1H3,(H,24,25,27). The number of aromatic nitrogens is 2. The van der Waals surface area contributed by atoms with Crippen LogP contribution in [0.1, 0.15) is 39.2 Å². The molecule has 1 unspecified atom stereocenters. The first-order valence-electron chi connectivity index (χ1n) is 9.82. The highest BCUT2D eigenvalue weighted by atomic mass is 32.1. The van der Waals surface area contributed by atoms with Crippen molar-refractivity contribution >= 4 is 22.4 Å². The average molecular weight is 428 g/mol. The van der Waals surface area contributed by atoms with E-state index in [0.29, 0.717) is 30.3 Å². The van der Waals surface area contributed by atoms with E-state index in [0.717, 1.165) is 23.3 Å². The van der Waals surface area contributed by atoms with Crippen LogP contribution in [0.3, 0.4) is 0 Å². The lowest BCUT2D eigenvalue weighted by Crippen LogP contribution is -2.32. The van der Waals surface area contributed by atoms with Crippen molar-refractivity contribution in [1.82, 2.24) is 9.55 Å². The first-order valence-corrected chi connectivity index (χ1v) is 10.6. The number of rotatable bonds is 6. The number of halogens is 1. The van der Waals surface area contributed by atoms with Crippen molar-refractivity contribution in [1.29, 1.82) is 0 Å². The monoisotopic (exact) mass is 427 g/mol. The van der Waals surface area contributed by atoms with E-state index < -0.39 is 5.91 Å². The zero-order valence-corrected chi connectivity index (χ0v) is 17.4. The van der Waals surface area contributed by atoms with E-state index in [2.05, 4.69) is 10.3 Å². The molecule has 0 radical (unpaired) electrons. The summed E-state index contributed by atoms with van der Waals surface area (Å²) in [5, 5.41) is 3.13. The molecule has 156 valence electrons. The van der Waals surface area contributed by atoms with Gasteiger partial charge in [-0.2, -0.15) is 0 Å². The fraction of sp³-hybridized carbons (Fsp3) is 0.318. The Balaban J connectivity index is 1.48. The third kappa shape index (κ3) is 4.66. The Morgan fingerprint density at radius 2 is 2.27 bits per heavy atom. The van der Waals surface area contributed by atoms with Gasteiger partial charge in [-0.15, -0.1) is 11.3 Å². The molecular formula is C22H22FN3O3S. The fourth-order valence-electron chi connectivity index (χ4n) is 3.55. The summed E-state index contributed by atoms with van der Waals surface area (Å²) in [6.07, 6.45) is 5.78. The van der Waals surface area contributed by atoms with Crippen LogP contribution < -0.4 is 10.9 Å². The van der Waals surface area contributed by atoms with Gasteiger partial charge < -0.3 is 9.30 Å². The Kier molecular flexibility index (Phi) is 6.06. The minimum absolute atomic E-state index is 0.00524. The van der Waals surface area contributed by atoms with Gasteiger partial charge in [0.05, 0.1) is 12.6 Å². The van der Waals surface area contributed by atoms with Crippen molar-refractivity contribution in [3.05, 3.63) is 80.5 Å². The Morgan fingerprint density at radius 3 is 3.03 bits per heavy atom. The summed E-state index contributed by atoms with van der Waals surface area (Å²) in [6, 6.07) is 8.14. The lowest BCUT2D eigenvalue weighted by atomic mass is 10.1. The third-order valence-corrected chi connectivity index (χ3v) is 5.98. The van der Waals surface area contributed by atoms with E-state index in [4.69, 9.17) is 4.74 Å². The average Bonchev–Trinajstić information content (AvgIpc) is 3.36. The molecule has 1 aliphatic rings. The minimum Gasteiger partial charge on any atom is -0.376 e. The predicted octanol–water partition coefficient (Wildman–Crippen LogP) is 3.77. The number of hydrogen-bond donors (Lipinski definition) is 1. The van der Waals surface area contributed by atoms with Crippen LogP contribution >= 0.6 is 11.3 Å². The van der Waals surface area contributed by atoms with Gasteiger partial charge in [0.15, 0.2) is 5.13 Å². The number of carbonyl (C=O) groups is 1. The molecule has 0 bridgehead atoms. The van der Waals surface area contributed by atoms with Crippen LogP contribution in [0.2, 0.25) is 0 Å². The van der Waals surface area contributed by atoms with Gasteiger partial charge in [0.25, 0.3) is 11.5 Å². The van der Waals surface area contributed by atoms with E-state index in [1.807, 2.05) is 6.07 Å². The molecule has 1 atom stereocenters. The second-order valence-electron chi connectivity index (χ2n) is 7.36. The summed E-state index contributed by atoms with van der Waals surface area (Å²) in [5.41, 5.74) is 1.21. The first kappa shape index (κ1) is 20.4. The number of amides is 1. The molecule has 8 heteroatoms. The van der Waals surface area contributed by atoms with Crippen molar-refractivity contribution in [2.75, 3.05) is 11.9 Å². The molecule has 30 heavy (non-hydrogen) atoms. The number of thiazole rings is 1. The Bertz CT molecular complexity index is 1120. The molecule has 1 saturated heterocycles. The smallest absolute Gasteiger partial charge is 0.263 e. The van der Waals surface area contributed by atoms with Crippen LogP contribution in [0.5, 0.6) is 0 Å². The lowest BCUT2D eigenvalue weighted by Gasteiger charge is -2.14. The van der Waals surface area contributed by atoms with Crippen molar-refractivity contribution in [3.8, 4) is 0 Å². The third-order valence-electron chi connectivity index (χ3n) is 5.07. The van der Waals surface area contributed by atoms with Crippen LogP contribution in [0.4, 0.5) is 9.52 Å². The number of anilines is 1. The van der Waals surface area contributed by atoms with Gasteiger partial charge in [-0.3, -0.25) is 14.9 Å². The molecule has 1 amide bonds. The van der Waals surface area contributed by atoms with Crippen LogP contribution in [0, 0.1) is 12.7 Å². The number of nitrogens with zero attached hydrogens (tertiary/aromatic N) is 2. The molecule has 3 heterocycles. The zero-order chi connectivity index (χ0) is 21.1. The van der Waals surface area contributed by atoms with Gasteiger partial charge in [-0.05, 0) is 49.1 Å². The van der Waals surface area contributed by atoms with Crippen molar-refractivity contribution in [3.63, 3.8) is 0 Å². The molecule has 2 aromatic heterocycles. The van der Waals surface area contributed by atoms with E-state index in [-0.39, 0.29) is 23.0 Å². The number of aryl methyl sites for hydroxylation is 1. The molecule has 0 saturated carbocycles. The van der Waals surface area contributed by atoms with Gasteiger partial charge in [-0.25, -0.2) is 9.37 Å².